The van der Waals surface area contributed by atoms with E-state index >= 15 is 0 Å². The Kier molecular flexibility index (Phi) is 3.31. The highest BCUT2D eigenvalue weighted by Crippen LogP contribution is 2.24. The first-order chi connectivity index (χ1) is 6.90. The van der Waals surface area contributed by atoms with Crippen LogP contribution in [0.5, 0.6) is 0 Å². The van der Waals surface area contributed by atoms with E-state index in [9.17, 15) is 0 Å². The van der Waals surface area contributed by atoms with Gasteiger partial charge in [0.1, 0.15) is 6.33 Å². The number of hydrogen-bond donors (Lipinski definition) is 1. The first kappa shape index (κ1) is 9.86. The standard InChI is InChI=1S/C9H15N3OS/c13-5-3-8-2-1-4-12(6-8)9-10-7-11-14-9/h7-8,13H,1-6H2. The molecule has 1 aliphatic rings. The second kappa shape index (κ2) is 4.70. The molecule has 1 fully saturated rings. The zero-order valence-corrected chi connectivity index (χ0v) is 8.91. The maximum Gasteiger partial charge on any atom is 0.204 e. The monoisotopic (exact) mass is 213 g/mol. The first-order valence-electron chi connectivity index (χ1n) is 5.02. The lowest BCUT2D eigenvalue weighted by molar-refractivity contribution is 0.244. The van der Waals surface area contributed by atoms with Crippen LogP contribution in [0.3, 0.4) is 0 Å². The normalized spacial score (nSPS) is 22.6. The number of aliphatic hydroxyl groups excluding tert-OH is 1. The van der Waals surface area contributed by atoms with Gasteiger partial charge in [-0.25, -0.2) is 4.98 Å². The third-order valence-corrected chi connectivity index (χ3v) is 3.40. The summed E-state index contributed by atoms with van der Waals surface area (Å²) in [6.45, 7) is 2.40. The van der Waals surface area contributed by atoms with Crippen molar-refractivity contribution >= 4 is 16.7 Å². The smallest absolute Gasteiger partial charge is 0.204 e. The Hall–Kier alpha value is -0.680. The van der Waals surface area contributed by atoms with E-state index in [1.165, 1.54) is 24.4 Å². The molecule has 0 aromatic carbocycles. The molecule has 14 heavy (non-hydrogen) atoms. The minimum absolute atomic E-state index is 0.300. The Morgan fingerprint density at radius 1 is 1.64 bits per heavy atom. The summed E-state index contributed by atoms with van der Waals surface area (Å²) >= 11 is 1.45. The van der Waals surface area contributed by atoms with Gasteiger partial charge in [0.15, 0.2) is 0 Å². The lowest BCUT2D eigenvalue weighted by Gasteiger charge is -2.31. The molecule has 1 aromatic rings. The van der Waals surface area contributed by atoms with Crippen LogP contribution in [0.25, 0.3) is 0 Å². The van der Waals surface area contributed by atoms with Crippen LogP contribution in [0.4, 0.5) is 5.13 Å². The zero-order chi connectivity index (χ0) is 9.80. The highest BCUT2D eigenvalue weighted by molar-refractivity contribution is 7.09. The van der Waals surface area contributed by atoms with Gasteiger partial charge in [-0.2, -0.15) is 4.37 Å². The Morgan fingerprint density at radius 3 is 3.29 bits per heavy atom. The van der Waals surface area contributed by atoms with Crippen LogP contribution in [0, 0.1) is 5.92 Å². The van der Waals surface area contributed by atoms with Gasteiger partial charge in [0.05, 0.1) is 0 Å². The van der Waals surface area contributed by atoms with E-state index in [1.54, 1.807) is 6.33 Å². The van der Waals surface area contributed by atoms with Crippen LogP contribution in [0.2, 0.25) is 0 Å². The lowest BCUT2D eigenvalue weighted by Crippen LogP contribution is -2.35. The van der Waals surface area contributed by atoms with Crippen molar-refractivity contribution in [3.05, 3.63) is 6.33 Å². The van der Waals surface area contributed by atoms with Gasteiger partial charge in [-0.15, -0.1) is 0 Å². The number of rotatable bonds is 3. The van der Waals surface area contributed by atoms with E-state index in [0.717, 1.165) is 24.6 Å². The molecule has 1 N–H and O–H groups in total. The van der Waals surface area contributed by atoms with E-state index in [0.29, 0.717) is 12.5 Å². The molecular formula is C9H15N3OS. The molecule has 0 bridgehead atoms. The molecule has 2 heterocycles. The fraction of sp³-hybridized carbons (Fsp3) is 0.778. The second-order valence-electron chi connectivity index (χ2n) is 3.69. The molecule has 1 aliphatic heterocycles. The maximum absolute atomic E-state index is 8.89. The van der Waals surface area contributed by atoms with Crippen LogP contribution in [-0.2, 0) is 0 Å². The molecule has 1 atom stereocenters. The van der Waals surface area contributed by atoms with Crippen LogP contribution >= 0.6 is 11.5 Å². The molecule has 0 amide bonds. The summed E-state index contributed by atoms with van der Waals surface area (Å²) in [6.07, 6.45) is 4.95. The van der Waals surface area contributed by atoms with Crippen LogP contribution in [-0.4, -0.2) is 34.2 Å². The molecule has 0 spiro atoms. The molecule has 0 saturated carbocycles. The van der Waals surface area contributed by atoms with Crippen molar-refractivity contribution in [1.29, 1.82) is 0 Å². The average molecular weight is 213 g/mol. The predicted molar refractivity (Wildman–Crippen MR) is 56.5 cm³/mol. The highest BCUT2D eigenvalue weighted by Gasteiger charge is 2.21. The van der Waals surface area contributed by atoms with Crippen LogP contribution < -0.4 is 4.90 Å². The van der Waals surface area contributed by atoms with E-state index in [2.05, 4.69) is 14.3 Å². The van der Waals surface area contributed by atoms with Gasteiger partial charge >= 0.3 is 0 Å². The van der Waals surface area contributed by atoms with E-state index in [1.807, 2.05) is 0 Å². The zero-order valence-electron chi connectivity index (χ0n) is 8.09. The summed E-state index contributed by atoms with van der Waals surface area (Å²) in [4.78, 5) is 6.48. The molecular weight excluding hydrogens is 198 g/mol. The minimum Gasteiger partial charge on any atom is -0.396 e. The molecule has 0 radical (unpaired) electrons. The predicted octanol–water partition coefficient (Wildman–Crippen LogP) is 1.14. The molecule has 1 saturated heterocycles. The van der Waals surface area contributed by atoms with Crippen molar-refractivity contribution in [3.63, 3.8) is 0 Å². The van der Waals surface area contributed by atoms with Crippen molar-refractivity contribution in [2.24, 2.45) is 5.92 Å². The second-order valence-corrected chi connectivity index (χ2v) is 4.45. The third kappa shape index (κ3) is 2.22. The fourth-order valence-electron chi connectivity index (χ4n) is 1.96. The third-order valence-electron chi connectivity index (χ3n) is 2.68. The van der Waals surface area contributed by atoms with Crippen molar-refractivity contribution < 1.29 is 5.11 Å². The molecule has 2 rings (SSSR count). The van der Waals surface area contributed by atoms with Crippen LogP contribution in [0.1, 0.15) is 19.3 Å². The topological polar surface area (TPSA) is 49.2 Å². The molecule has 78 valence electrons. The van der Waals surface area contributed by atoms with Gasteiger partial charge in [0, 0.05) is 31.2 Å². The number of hydrogen-bond acceptors (Lipinski definition) is 5. The number of aromatic nitrogens is 2. The van der Waals surface area contributed by atoms with E-state index in [-0.39, 0.29) is 0 Å². The molecule has 0 aliphatic carbocycles. The van der Waals surface area contributed by atoms with Gasteiger partial charge in [-0.05, 0) is 25.2 Å². The maximum atomic E-state index is 8.89. The Bertz CT molecular complexity index is 263. The fourth-order valence-corrected chi connectivity index (χ4v) is 2.53. The summed E-state index contributed by atoms with van der Waals surface area (Å²) in [5.41, 5.74) is 0. The summed E-state index contributed by atoms with van der Waals surface area (Å²) in [6, 6.07) is 0. The highest BCUT2D eigenvalue weighted by atomic mass is 32.1. The van der Waals surface area contributed by atoms with E-state index < -0.39 is 0 Å². The summed E-state index contributed by atoms with van der Waals surface area (Å²) in [5.74, 6) is 0.623. The van der Waals surface area contributed by atoms with Crippen LogP contribution in [0.15, 0.2) is 6.33 Å². The Labute approximate surface area is 87.8 Å². The minimum atomic E-state index is 0.300. The van der Waals surface area contributed by atoms with Crippen molar-refractivity contribution in [2.45, 2.75) is 19.3 Å². The number of aliphatic hydroxyl groups is 1. The molecule has 1 unspecified atom stereocenters. The van der Waals surface area contributed by atoms with Gasteiger partial charge < -0.3 is 10.0 Å². The average Bonchev–Trinajstić information content (AvgIpc) is 2.71. The number of nitrogens with zero attached hydrogens (tertiary/aromatic N) is 3. The lowest BCUT2D eigenvalue weighted by atomic mass is 9.95. The molecule has 4 nitrogen and oxygen atoms in total. The summed E-state index contributed by atoms with van der Waals surface area (Å²) in [5, 5.41) is 9.91. The number of piperidine rings is 1. The van der Waals surface area contributed by atoms with Gasteiger partial charge in [0.25, 0.3) is 0 Å². The quantitative estimate of drug-likeness (QED) is 0.818. The SMILES string of the molecule is OCCC1CCCN(c2ncns2)C1. The van der Waals surface area contributed by atoms with E-state index in [4.69, 9.17) is 5.11 Å². The Balaban J connectivity index is 1.94. The van der Waals surface area contributed by atoms with Gasteiger partial charge in [-0.3, -0.25) is 0 Å². The molecule has 5 heteroatoms. The van der Waals surface area contributed by atoms with Gasteiger partial charge in [-0.1, -0.05) is 0 Å². The van der Waals surface area contributed by atoms with Crippen molar-refractivity contribution in [1.82, 2.24) is 9.36 Å². The summed E-state index contributed by atoms with van der Waals surface area (Å²) in [7, 11) is 0. The first-order valence-corrected chi connectivity index (χ1v) is 5.80. The Morgan fingerprint density at radius 2 is 2.57 bits per heavy atom. The number of anilines is 1. The van der Waals surface area contributed by atoms with Gasteiger partial charge in [0.2, 0.25) is 5.13 Å². The van der Waals surface area contributed by atoms with Crippen molar-refractivity contribution in [3.8, 4) is 0 Å². The molecule has 1 aromatic heterocycles. The summed E-state index contributed by atoms with van der Waals surface area (Å²) < 4.78 is 4.01. The largest absolute Gasteiger partial charge is 0.396 e. The van der Waals surface area contributed by atoms with Crippen molar-refractivity contribution in [2.75, 3.05) is 24.6 Å².